The van der Waals surface area contributed by atoms with Gasteiger partial charge in [-0.3, -0.25) is 0 Å². The zero-order chi connectivity index (χ0) is 22.2. The summed E-state index contributed by atoms with van der Waals surface area (Å²) in [5.41, 5.74) is 2.43. The second-order valence-corrected chi connectivity index (χ2v) is 11.1. The summed E-state index contributed by atoms with van der Waals surface area (Å²) in [6.07, 6.45) is 9.75. The average Bonchev–Trinajstić information content (AvgIpc) is 3.40. The standard InChI is InChI=1S/C26H35BrO3S/c1-3-4-5-9-23(28)18-10-12-20(13-11-18)25-19(14-16-22(25)27)7-6-8-21-15-17-24(31-21)26(29)30-2/h10-13,15,17,19,22-23,25,28H,3-9,14,16H2,1-2H3/t19-,22?,23?,25?/m0/s1. The fraction of sp³-hybridized carbons (Fsp3) is 0.577. The van der Waals surface area contributed by atoms with Gasteiger partial charge in [-0.2, -0.15) is 0 Å². The highest BCUT2D eigenvalue weighted by Gasteiger charge is 2.35. The van der Waals surface area contributed by atoms with Crippen LogP contribution in [0.2, 0.25) is 0 Å². The van der Waals surface area contributed by atoms with Crippen LogP contribution in [0.4, 0.5) is 0 Å². The van der Waals surface area contributed by atoms with Crippen molar-refractivity contribution in [2.24, 2.45) is 5.92 Å². The summed E-state index contributed by atoms with van der Waals surface area (Å²) >= 11 is 5.49. The quantitative estimate of drug-likeness (QED) is 0.195. The van der Waals surface area contributed by atoms with Gasteiger partial charge in [-0.05, 0) is 73.6 Å². The number of hydrogen-bond donors (Lipinski definition) is 1. The Labute approximate surface area is 199 Å². The van der Waals surface area contributed by atoms with Crippen LogP contribution in [0, 0.1) is 5.92 Å². The molecule has 1 heterocycles. The van der Waals surface area contributed by atoms with Crippen molar-refractivity contribution in [2.75, 3.05) is 7.11 Å². The molecule has 1 aromatic heterocycles. The van der Waals surface area contributed by atoms with Crippen molar-refractivity contribution in [2.45, 2.75) is 81.6 Å². The van der Waals surface area contributed by atoms with Crippen LogP contribution in [0.25, 0.3) is 0 Å². The van der Waals surface area contributed by atoms with E-state index in [0.29, 0.717) is 21.5 Å². The molecule has 1 N–H and O–H groups in total. The molecule has 1 aromatic carbocycles. The monoisotopic (exact) mass is 506 g/mol. The number of benzene rings is 1. The van der Waals surface area contributed by atoms with Gasteiger partial charge in [0.2, 0.25) is 0 Å². The number of halogens is 1. The van der Waals surface area contributed by atoms with Crippen LogP contribution in [0.1, 0.15) is 96.0 Å². The molecule has 0 spiro atoms. The van der Waals surface area contributed by atoms with Crippen molar-refractivity contribution >= 4 is 33.2 Å². The number of rotatable bonds is 11. The van der Waals surface area contributed by atoms with Crippen molar-refractivity contribution in [1.29, 1.82) is 0 Å². The SMILES string of the molecule is CCCCCC(O)c1ccc(C2C(Br)CC[C@@H]2CCCc2ccc(C(=O)OC)s2)cc1. The number of aryl methyl sites for hydroxylation is 1. The van der Waals surface area contributed by atoms with Gasteiger partial charge >= 0.3 is 5.97 Å². The van der Waals surface area contributed by atoms with Crippen LogP contribution in [0.15, 0.2) is 36.4 Å². The van der Waals surface area contributed by atoms with Gasteiger partial charge in [-0.15, -0.1) is 11.3 Å². The first-order valence-electron chi connectivity index (χ1n) is 11.6. The Bertz CT molecular complexity index is 816. The average molecular weight is 508 g/mol. The molecule has 4 atom stereocenters. The van der Waals surface area contributed by atoms with Gasteiger partial charge in [0, 0.05) is 9.70 Å². The Hall–Kier alpha value is -1.17. The Morgan fingerprint density at radius 3 is 2.65 bits per heavy atom. The lowest BCUT2D eigenvalue weighted by molar-refractivity contribution is 0.0606. The minimum Gasteiger partial charge on any atom is -0.465 e. The molecule has 0 bridgehead atoms. The summed E-state index contributed by atoms with van der Waals surface area (Å²) in [5, 5.41) is 10.4. The van der Waals surface area contributed by atoms with E-state index >= 15 is 0 Å². The maximum Gasteiger partial charge on any atom is 0.348 e. The molecule has 0 radical (unpaired) electrons. The first-order valence-corrected chi connectivity index (χ1v) is 13.4. The van der Waals surface area contributed by atoms with Crippen molar-refractivity contribution in [3.8, 4) is 0 Å². The van der Waals surface area contributed by atoms with Crippen molar-refractivity contribution in [3.63, 3.8) is 0 Å². The molecular formula is C26H35BrO3S. The van der Waals surface area contributed by atoms with Crippen molar-refractivity contribution in [3.05, 3.63) is 57.3 Å². The Morgan fingerprint density at radius 2 is 1.94 bits per heavy atom. The minimum atomic E-state index is -0.347. The number of esters is 1. The molecule has 0 amide bonds. The van der Waals surface area contributed by atoms with Crippen LogP contribution in [-0.4, -0.2) is 23.0 Å². The largest absolute Gasteiger partial charge is 0.465 e. The number of hydrogen-bond acceptors (Lipinski definition) is 4. The lowest BCUT2D eigenvalue weighted by Gasteiger charge is -2.23. The van der Waals surface area contributed by atoms with Gasteiger partial charge < -0.3 is 9.84 Å². The van der Waals surface area contributed by atoms with Gasteiger partial charge in [0.25, 0.3) is 0 Å². The van der Waals surface area contributed by atoms with E-state index in [2.05, 4.69) is 53.2 Å². The number of methoxy groups -OCH3 is 1. The highest BCUT2D eigenvalue weighted by Crippen LogP contribution is 2.46. The summed E-state index contributed by atoms with van der Waals surface area (Å²) in [6, 6.07) is 12.6. The molecule has 3 rings (SSSR count). The molecule has 0 aliphatic heterocycles. The van der Waals surface area contributed by atoms with Crippen LogP contribution in [0.3, 0.4) is 0 Å². The molecule has 1 aliphatic carbocycles. The van der Waals surface area contributed by atoms with Crippen LogP contribution in [0.5, 0.6) is 0 Å². The number of ether oxygens (including phenoxy) is 1. The number of thiophene rings is 1. The molecular weight excluding hydrogens is 472 g/mol. The van der Waals surface area contributed by atoms with Gasteiger partial charge in [-0.1, -0.05) is 66.4 Å². The summed E-state index contributed by atoms with van der Waals surface area (Å²) in [7, 11) is 1.43. The van der Waals surface area contributed by atoms with Crippen molar-refractivity contribution in [1.82, 2.24) is 0 Å². The van der Waals surface area contributed by atoms with E-state index in [1.807, 2.05) is 6.07 Å². The fourth-order valence-corrected chi connectivity index (χ4v) is 6.76. The Morgan fingerprint density at radius 1 is 1.16 bits per heavy atom. The number of alkyl halides is 1. The van der Waals surface area contributed by atoms with E-state index in [0.717, 1.165) is 31.2 Å². The van der Waals surface area contributed by atoms with Gasteiger partial charge in [0.15, 0.2) is 0 Å². The number of carbonyl (C=O) groups is 1. The second kappa shape index (κ2) is 12.2. The summed E-state index contributed by atoms with van der Waals surface area (Å²) in [4.78, 5) is 14.1. The van der Waals surface area contributed by atoms with Crippen LogP contribution < -0.4 is 0 Å². The summed E-state index contributed by atoms with van der Waals surface area (Å²) in [5.74, 6) is 0.957. The molecule has 0 saturated heterocycles. The Kier molecular flexibility index (Phi) is 9.61. The molecule has 3 nitrogen and oxygen atoms in total. The molecule has 1 saturated carbocycles. The maximum absolute atomic E-state index is 11.6. The molecule has 31 heavy (non-hydrogen) atoms. The predicted molar refractivity (Wildman–Crippen MR) is 132 cm³/mol. The van der Waals surface area contributed by atoms with Crippen molar-refractivity contribution < 1.29 is 14.6 Å². The van der Waals surface area contributed by atoms with Gasteiger partial charge in [0.1, 0.15) is 4.88 Å². The molecule has 170 valence electrons. The fourth-order valence-electron chi connectivity index (χ4n) is 4.79. The first-order chi connectivity index (χ1) is 15.0. The van der Waals surface area contributed by atoms with Crippen LogP contribution >= 0.6 is 27.3 Å². The number of carbonyl (C=O) groups excluding carboxylic acids is 1. The topological polar surface area (TPSA) is 46.5 Å². The van der Waals surface area contributed by atoms with E-state index in [4.69, 9.17) is 4.74 Å². The third-order valence-electron chi connectivity index (χ3n) is 6.54. The summed E-state index contributed by atoms with van der Waals surface area (Å²) < 4.78 is 4.81. The van der Waals surface area contributed by atoms with E-state index < -0.39 is 0 Å². The van der Waals surface area contributed by atoms with Gasteiger partial charge in [0.05, 0.1) is 13.2 Å². The van der Waals surface area contributed by atoms with Gasteiger partial charge in [-0.25, -0.2) is 4.79 Å². The smallest absolute Gasteiger partial charge is 0.348 e. The number of aliphatic hydroxyl groups excluding tert-OH is 1. The molecule has 5 heteroatoms. The molecule has 3 unspecified atom stereocenters. The van der Waals surface area contributed by atoms with E-state index in [1.54, 1.807) is 11.3 Å². The molecule has 1 aliphatic rings. The molecule has 2 aromatic rings. The third kappa shape index (κ3) is 6.66. The number of aliphatic hydroxyl groups is 1. The first kappa shape index (κ1) is 24.5. The zero-order valence-electron chi connectivity index (χ0n) is 18.7. The maximum atomic E-state index is 11.6. The number of unbranched alkanes of at least 4 members (excludes halogenated alkanes) is 2. The van der Waals surface area contributed by atoms with Crippen LogP contribution in [-0.2, 0) is 11.2 Å². The highest BCUT2D eigenvalue weighted by molar-refractivity contribution is 9.09. The van der Waals surface area contributed by atoms with E-state index in [-0.39, 0.29) is 12.1 Å². The lowest BCUT2D eigenvalue weighted by atomic mass is 9.85. The highest BCUT2D eigenvalue weighted by atomic mass is 79.9. The lowest BCUT2D eigenvalue weighted by Crippen LogP contribution is -2.13. The Balaban J connectivity index is 1.55. The summed E-state index contributed by atoms with van der Waals surface area (Å²) in [6.45, 7) is 2.19. The van der Waals surface area contributed by atoms with E-state index in [1.165, 1.54) is 49.7 Å². The zero-order valence-corrected chi connectivity index (χ0v) is 21.1. The molecule has 1 fully saturated rings. The second-order valence-electron chi connectivity index (χ2n) is 8.71. The predicted octanol–water partition coefficient (Wildman–Crippen LogP) is 7.43. The third-order valence-corrected chi connectivity index (χ3v) is 8.70. The normalized spacial score (nSPS) is 21.9. The van der Waals surface area contributed by atoms with E-state index in [9.17, 15) is 9.90 Å². The minimum absolute atomic E-state index is 0.242.